The van der Waals surface area contributed by atoms with Crippen LogP contribution in [0.25, 0.3) is 0 Å². The van der Waals surface area contributed by atoms with Crippen LogP contribution in [0.3, 0.4) is 0 Å². The molecule has 0 spiro atoms. The van der Waals surface area contributed by atoms with Crippen LogP contribution < -0.4 is 26.0 Å². The fourth-order valence-corrected chi connectivity index (χ4v) is 7.18. The van der Waals surface area contributed by atoms with E-state index >= 15 is 0 Å². The number of carbonyl (C=O) groups is 4. The Morgan fingerprint density at radius 1 is 0.920 bits per heavy atom. The number of halogens is 3. The molecule has 2 saturated heterocycles. The number of hydrogen-bond donors (Lipinski definition) is 4. The summed E-state index contributed by atoms with van der Waals surface area (Å²) in [5, 5.41) is 18.4. The van der Waals surface area contributed by atoms with Gasteiger partial charge in [-0.2, -0.15) is 24.9 Å². The van der Waals surface area contributed by atoms with Crippen LogP contribution in [-0.2, 0) is 29.5 Å². The number of ether oxygens (including phenoxy) is 4. The molecule has 3 unspecified atom stereocenters. The highest BCUT2D eigenvalue weighted by molar-refractivity contribution is 8.00. The third kappa shape index (κ3) is 11.4. The number of benzene rings is 1. The molecule has 0 bridgehead atoms. The van der Waals surface area contributed by atoms with Crippen molar-refractivity contribution in [2.45, 2.75) is 80.5 Å². The summed E-state index contributed by atoms with van der Waals surface area (Å²) >= 11 is 1.88. The first-order valence-electron chi connectivity index (χ1n) is 16.8. The lowest BCUT2D eigenvalue weighted by atomic mass is 10.0. The number of rotatable bonds is 23. The summed E-state index contributed by atoms with van der Waals surface area (Å²) in [4.78, 5) is 47.7. The maximum Gasteiger partial charge on any atom is 0.442 e. The highest BCUT2D eigenvalue weighted by Crippen LogP contribution is 2.53. The maximum atomic E-state index is 13.4. The van der Waals surface area contributed by atoms with E-state index in [0.29, 0.717) is 44.2 Å². The smallest absolute Gasteiger partial charge is 0.442 e. The zero-order chi connectivity index (χ0) is 36.0. The Kier molecular flexibility index (Phi) is 15.0. The van der Waals surface area contributed by atoms with Crippen LogP contribution in [0, 0.1) is 0 Å². The maximum absolute atomic E-state index is 13.4. The topological polar surface area (TPSA) is 178 Å². The second-order valence-electron chi connectivity index (χ2n) is 12.0. The molecule has 3 atom stereocenters. The molecular formula is C32H45F3N6O8S. The number of nitrogens with one attached hydrogen (secondary N) is 4. The molecule has 4 N–H and O–H groups in total. The number of fused-ring (bicyclic) bond motifs is 1. The van der Waals surface area contributed by atoms with E-state index in [-0.39, 0.29) is 73.2 Å². The van der Waals surface area contributed by atoms with Gasteiger partial charge in [0.05, 0.1) is 45.6 Å². The van der Waals surface area contributed by atoms with Gasteiger partial charge in [-0.1, -0.05) is 18.9 Å². The third-order valence-corrected chi connectivity index (χ3v) is 9.90. The Balaban J connectivity index is 0.937. The van der Waals surface area contributed by atoms with Crippen molar-refractivity contribution < 1.29 is 51.3 Å². The minimum atomic E-state index is -4.72. The van der Waals surface area contributed by atoms with E-state index in [1.807, 2.05) is 11.8 Å². The fourth-order valence-electron chi connectivity index (χ4n) is 5.64. The van der Waals surface area contributed by atoms with Crippen molar-refractivity contribution in [1.29, 1.82) is 0 Å². The van der Waals surface area contributed by atoms with E-state index in [9.17, 15) is 32.3 Å². The first-order chi connectivity index (χ1) is 24.0. The van der Waals surface area contributed by atoms with E-state index in [4.69, 9.17) is 14.2 Å². The molecule has 3 heterocycles. The van der Waals surface area contributed by atoms with Gasteiger partial charge in [0.25, 0.3) is 0 Å². The molecule has 2 fully saturated rings. The molecule has 0 aromatic heterocycles. The molecule has 1 aromatic carbocycles. The molecule has 50 heavy (non-hydrogen) atoms. The number of hydrogen-bond acceptors (Lipinski definition) is 11. The summed E-state index contributed by atoms with van der Waals surface area (Å²) in [7, 11) is 1.15. The molecule has 0 aliphatic carbocycles. The number of esters is 1. The number of thioether (sulfide) groups is 1. The zero-order valence-electron chi connectivity index (χ0n) is 28.0. The summed E-state index contributed by atoms with van der Waals surface area (Å²) in [6, 6.07) is 3.69. The summed E-state index contributed by atoms with van der Waals surface area (Å²) in [6.45, 7) is 1.71. The monoisotopic (exact) mass is 730 g/mol. The first kappa shape index (κ1) is 39.2. The standard InChI is InChI=1S/C32H45F3N6O8S/c1-46-29(44)22-11-10-21(31(40-41-31)32(33,34)35)19-24(22)49-18-17-48-16-15-47-14-13-37-27(43)8-3-2-6-12-36-26(42)9-5-4-7-25-28-23(20-50-25)38-30(45)39-28/h10-11,19,23,25,28H,2-9,12-18,20H2,1H3,(H,36,42)(H,37,43)(H2,38,39,45). The molecule has 278 valence electrons. The van der Waals surface area contributed by atoms with Crippen molar-refractivity contribution in [1.82, 2.24) is 21.3 Å². The van der Waals surface area contributed by atoms with Gasteiger partial charge in [-0.05, 0) is 37.8 Å². The third-order valence-electron chi connectivity index (χ3n) is 8.39. The fraction of sp³-hybridized carbons (Fsp3) is 0.688. The van der Waals surface area contributed by atoms with Gasteiger partial charge >= 0.3 is 23.8 Å². The predicted octanol–water partition coefficient (Wildman–Crippen LogP) is 3.58. The van der Waals surface area contributed by atoms with Gasteiger partial charge in [-0.3, -0.25) is 9.59 Å². The van der Waals surface area contributed by atoms with Crippen LogP contribution in [0.15, 0.2) is 28.4 Å². The van der Waals surface area contributed by atoms with E-state index in [1.165, 1.54) is 6.07 Å². The van der Waals surface area contributed by atoms with Gasteiger partial charge in [-0.15, -0.1) is 10.2 Å². The summed E-state index contributed by atoms with van der Waals surface area (Å²) in [5.74, 6) is 0.0239. The molecule has 4 rings (SSSR count). The number of urea groups is 1. The molecule has 0 radical (unpaired) electrons. The van der Waals surface area contributed by atoms with Crippen LogP contribution in [0.5, 0.6) is 5.75 Å². The lowest BCUT2D eigenvalue weighted by Crippen LogP contribution is -2.36. The minimum absolute atomic E-state index is 0.0391. The van der Waals surface area contributed by atoms with Gasteiger partial charge in [0.1, 0.15) is 17.9 Å². The summed E-state index contributed by atoms with van der Waals surface area (Å²) in [6.07, 6.45) is 1.23. The number of unbranched alkanes of at least 4 members (excludes halogenated alkanes) is 3. The van der Waals surface area contributed by atoms with Gasteiger partial charge in [0, 0.05) is 42.5 Å². The Morgan fingerprint density at radius 3 is 2.30 bits per heavy atom. The lowest BCUT2D eigenvalue weighted by Gasteiger charge is -2.17. The van der Waals surface area contributed by atoms with Crippen molar-refractivity contribution in [3.05, 3.63) is 29.3 Å². The number of alkyl halides is 3. The summed E-state index contributed by atoms with van der Waals surface area (Å²) in [5.41, 5.74) is -2.96. The molecule has 0 saturated carbocycles. The van der Waals surface area contributed by atoms with Crippen LogP contribution in [-0.4, -0.2) is 106 Å². The Bertz CT molecular complexity index is 1350. The number of methoxy groups -OCH3 is 1. The number of carbonyl (C=O) groups excluding carboxylic acids is 4. The quantitative estimate of drug-likeness (QED) is 0.0745. The predicted molar refractivity (Wildman–Crippen MR) is 176 cm³/mol. The minimum Gasteiger partial charge on any atom is -0.490 e. The SMILES string of the molecule is COC(=O)c1ccc(C2(C(F)(F)F)N=N2)cc1OCCOCCOCCNC(=O)CCCCCNC(=O)CCCCC1SCC2NC(=O)NC21. The van der Waals surface area contributed by atoms with Crippen molar-refractivity contribution in [2.75, 3.05) is 59.0 Å². The van der Waals surface area contributed by atoms with Gasteiger partial charge < -0.3 is 40.2 Å². The Labute approximate surface area is 292 Å². The highest BCUT2D eigenvalue weighted by Gasteiger charge is 2.65. The molecule has 1 aromatic rings. The zero-order valence-corrected chi connectivity index (χ0v) is 28.8. The normalized spacial score (nSPS) is 20.1. The van der Waals surface area contributed by atoms with Crippen LogP contribution in [0.1, 0.15) is 67.3 Å². The van der Waals surface area contributed by atoms with Gasteiger partial charge in [0.15, 0.2) is 0 Å². The van der Waals surface area contributed by atoms with Crippen molar-refractivity contribution in [2.24, 2.45) is 10.2 Å². The summed E-state index contributed by atoms with van der Waals surface area (Å²) < 4.78 is 61.2. The van der Waals surface area contributed by atoms with Crippen molar-refractivity contribution in [3.63, 3.8) is 0 Å². The lowest BCUT2D eigenvalue weighted by molar-refractivity contribution is -0.166. The van der Waals surface area contributed by atoms with E-state index in [1.54, 1.807) is 0 Å². The van der Waals surface area contributed by atoms with Gasteiger partial charge in [-0.25, -0.2) is 9.59 Å². The first-order valence-corrected chi connectivity index (χ1v) is 17.8. The van der Waals surface area contributed by atoms with Crippen LogP contribution in [0.2, 0.25) is 0 Å². The second-order valence-corrected chi connectivity index (χ2v) is 13.3. The molecule has 4 amide bonds. The Hall–Kier alpha value is -3.64. The molecule has 3 aliphatic heterocycles. The van der Waals surface area contributed by atoms with E-state index in [2.05, 4.69) is 36.2 Å². The largest absolute Gasteiger partial charge is 0.490 e. The molecular weight excluding hydrogens is 685 g/mol. The van der Waals surface area contributed by atoms with Gasteiger partial charge in [0.2, 0.25) is 11.8 Å². The molecule has 3 aliphatic rings. The number of nitrogens with zero attached hydrogens (tertiary/aromatic N) is 2. The second kappa shape index (κ2) is 19.1. The Morgan fingerprint density at radius 2 is 1.60 bits per heavy atom. The van der Waals surface area contributed by atoms with E-state index < -0.39 is 17.8 Å². The molecule has 18 heteroatoms. The van der Waals surface area contributed by atoms with E-state index in [0.717, 1.165) is 57.1 Å². The van der Waals surface area contributed by atoms with Crippen LogP contribution >= 0.6 is 11.8 Å². The van der Waals surface area contributed by atoms with Crippen molar-refractivity contribution >= 4 is 35.6 Å². The van der Waals surface area contributed by atoms with Crippen LogP contribution in [0.4, 0.5) is 18.0 Å². The average Bonchev–Trinajstić information content (AvgIpc) is 3.73. The highest BCUT2D eigenvalue weighted by atomic mass is 32.2. The van der Waals surface area contributed by atoms with Crippen molar-refractivity contribution in [3.8, 4) is 5.75 Å². The average molecular weight is 731 g/mol. The molecule has 14 nitrogen and oxygen atoms in total. The number of amides is 4.